The van der Waals surface area contributed by atoms with Crippen LogP contribution in [0.15, 0.2) is 0 Å². The molecule has 0 aliphatic heterocycles. The number of carboxylic acids is 1. The van der Waals surface area contributed by atoms with E-state index in [1.807, 2.05) is 13.8 Å². The van der Waals surface area contributed by atoms with Crippen molar-refractivity contribution in [2.75, 3.05) is 0 Å². The first kappa shape index (κ1) is 15.9. The highest BCUT2D eigenvalue weighted by Gasteiger charge is 2.44. The van der Waals surface area contributed by atoms with Crippen LogP contribution in [0.2, 0.25) is 0 Å². The van der Waals surface area contributed by atoms with Gasteiger partial charge < -0.3 is 9.84 Å². The largest absolute Gasteiger partial charge is 0.481 e. The van der Waals surface area contributed by atoms with Crippen LogP contribution in [0.5, 0.6) is 0 Å². The lowest BCUT2D eigenvalue weighted by atomic mass is 9.69. The summed E-state index contributed by atoms with van der Waals surface area (Å²) in [5.74, 6) is -1.81. The van der Waals surface area contributed by atoms with Crippen molar-refractivity contribution in [2.24, 2.45) is 5.41 Å². The third-order valence-electron chi connectivity index (χ3n) is 4.15. The van der Waals surface area contributed by atoms with Crippen molar-refractivity contribution in [1.29, 1.82) is 0 Å². The van der Waals surface area contributed by atoms with E-state index in [-0.39, 0.29) is 5.41 Å². The minimum Gasteiger partial charge on any atom is -0.481 e. The fourth-order valence-electron chi connectivity index (χ4n) is 2.03. The number of carboxylic acid groups (broad SMARTS) is 1. The summed E-state index contributed by atoms with van der Waals surface area (Å²) in [6, 6.07) is 0. The first-order chi connectivity index (χ1) is 7.74. The molecule has 0 spiro atoms. The molecule has 0 radical (unpaired) electrons. The molecule has 1 atom stereocenters. The second-order valence-electron chi connectivity index (χ2n) is 4.90. The van der Waals surface area contributed by atoms with Crippen LogP contribution in [0, 0.1) is 5.41 Å². The van der Waals surface area contributed by atoms with Gasteiger partial charge in [-0.3, -0.25) is 9.59 Å². The van der Waals surface area contributed by atoms with Crippen molar-refractivity contribution < 1.29 is 19.4 Å². The Morgan fingerprint density at radius 1 is 1.06 bits per heavy atom. The molecule has 1 N–H and O–H groups in total. The second kappa shape index (κ2) is 6.03. The Kier molecular flexibility index (Phi) is 5.66. The third kappa shape index (κ3) is 3.72. The number of ether oxygens (including phenoxy) is 1. The fraction of sp³-hybridized carbons (Fsp3) is 0.846. The summed E-state index contributed by atoms with van der Waals surface area (Å²) in [6.07, 6.45) is 1.87. The molecule has 100 valence electrons. The molecule has 0 amide bonds. The Bertz CT molecular complexity index is 281. The average Bonchev–Trinajstić information content (AvgIpc) is 2.26. The van der Waals surface area contributed by atoms with Crippen molar-refractivity contribution >= 4 is 11.9 Å². The lowest BCUT2D eigenvalue weighted by Gasteiger charge is -2.44. The number of hydrogen-bond donors (Lipinski definition) is 1. The van der Waals surface area contributed by atoms with E-state index in [9.17, 15) is 9.59 Å². The van der Waals surface area contributed by atoms with Gasteiger partial charge in [-0.25, -0.2) is 0 Å². The summed E-state index contributed by atoms with van der Waals surface area (Å²) in [5.41, 5.74) is -0.737. The number of rotatable bonds is 7. The van der Waals surface area contributed by atoms with Gasteiger partial charge in [0.2, 0.25) is 0 Å². The molecule has 17 heavy (non-hydrogen) atoms. The molecule has 0 aromatic heterocycles. The van der Waals surface area contributed by atoms with Crippen LogP contribution < -0.4 is 0 Å². The van der Waals surface area contributed by atoms with Crippen LogP contribution in [0.3, 0.4) is 0 Å². The smallest absolute Gasteiger partial charge is 0.317 e. The summed E-state index contributed by atoms with van der Waals surface area (Å²) >= 11 is 0. The molecule has 4 heteroatoms. The Labute approximate surface area is 103 Å². The van der Waals surface area contributed by atoms with Gasteiger partial charge in [0.05, 0.1) is 0 Å². The second-order valence-corrected chi connectivity index (χ2v) is 4.90. The van der Waals surface area contributed by atoms with Gasteiger partial charge in [-0.05, 0) is 26.2 Å². The zero-order valence-electron chi connectivity index (χ0n) is 11.5. The van der Waals surface area contributed by atoms with Crippen LogP contribution >= 0.6 is 0 Å². The average molecular weight is 244 g/mol. The number of carbonyl (C=O) groups is 2. The van der Waals surface area contributed by atoms with E-state index >= 15 is 0 Å². The van der Waals surface area contributed by atoms with Crippen LogP contribution in [-0.4, -0.2) is 22.6 Å². The highest BCUT2D eigenvalue weighted by molar-refractivity contribution is 5.90. The van der Waals surface area contributed by atoms with Crippen LogP contribution in [0.25, 0.3) is 0 Å². The predicted molar refractivity (Wildman–Crippen MR) is 65.7 cm³/mol. The summed E-state index contributed by atoms with van der Waals surface area (Å²) in [4.78, 5) is 22.0. The van der Waals surface area contributed by atoms with E-state index in [1.54, 1.807) is 0 Å². The van der Waals surface area contributed by atoms with Gasteiger partial charge in [0.1, 0.15) is 12.0 Å². The van der Waals surface area contributed by atoms with Gasteiger partial charge in [0.15, 0.2) is 0 Å². The molecule has 0 aliphatic rings. The molecule has 0 aromatic rings. The van der Waals surface area contributed by atoms with E-state index in [1.165, 1.54) is 0 Å². The first-order valence-electron chi connectivity index (χ1n) is 6.18. The van der Waals surface area contributed by atoms with Gasteiger partial charge in [-0.15, -0.1) is 0 Å². The number of hydrogen-bond acceptors (Lipinski definition) is 3. The molecular formula is C13H24O4. The molecule has 0 fully saturated rings. The molecule has 0 saturated carbocycles. The molecular weight excluding hydrogens is 220 g/mol. The Morgan fingerprint density at radius 3 is 1.82 bits per heavy atom. The summed E-state index contributed by atoms with van der Waals surface area (Å²) in [7, 11) is 0. The molecule has 0 aliphatic carbocycles. The first-order valence-corrected chi connectivity index (χ1v) is 6.18. The highest BCUT2D eigenvalue weighted by atomic mass is 16.6. The van der Waals surface area contributed by atoms with Crippen LogP contribution in [0.4, 0.5) is 0 Å². The minimum atomic E-state index is -1.15. The Hall–Kier alpha value is -1.06. The monoisotopic (exact) mass is 244 g/mol. The van der Waals surface area contributed by atoms with Crippen molar-refractivity contribution in [1.82, 2.24) is 0 Å². The predicted octanol–water partition coefficient (Wildman–Crippen LogP) is 3.00. The lowest BCUT2D eigenvalue weighted by molar-refractivity contribution is -0.177. The standard InChI is InChI=1S/C13H24O4/c1-6-12(4,7-2)13(5,8-3)17-11(16)9-10(14)15/h6-9H2,1-5H3,(H,14,15). The van der Waals surface area contributed by atoms with E-state index < -0.39 is 24.0 Å². The molecule has 1 unspecified atom stereocenters. The zero-order chi connectivity index (χ0) is 13.7. The van der Waals surface area contributed by atoms with Gasteiger partial charge in [0, 0.05) is 5.41 Å². The Morgan fingerprint density at radius 2 is 1.53 bits per heavy atom. The maximum atomic E-state index is 11.5. The van der Waals surface area contributed by atoms with Gasteiger partial charge in [-0.1, -0.05) is 27.7 Å². The maximum Gasteiger partial charge on any atom is 0.317 e. The number of carbonyl (C=O) groups excluding carboxylic acids is 1. The van der Waals surface area contributed by atoms with Crippen molar-refractivity contribution in [2.45, 2.75) is 65.9 Å². The normalized spacial score (nSPS) is 15.1. The fourth-order valence-corrected chi connectivity index (χ4v) is 2.03. The van der Waals surface area contributed by atoms with Crippen molar-refractivity contribution in [3.8, 4) is 0 Å². The number of esters is 1. The van der Waals surface area contributed by atoms with Gasteiger partial charge in [0.25, 0.3) is 0 Å². The third-order valence-corrected chi connectivity index (χ3v) is 4.15. The summed E-state index contributed by atoms with van der Waals surface area (Å²) in [5, 5.41) is 8.57. The van der Waals surface area contributed by atoms with Crippen molar-refractivity contribution in [3.63, 3.8) is 0 Å². The highest BCUT2D eigenvalue weighted by Crippen LogP contribution is 2.42. The van der Waals surface area contributed by atoms with Crippen LogP contribution in [0.1, 0.15) is 60.3 Å². The van der Waals surface area contributed by atoms with Crippen molar-refractivity contribution in [3.05, 3.63) is 0 Å². The topological polar surface area (TPSA) is 63.6 Å². The van der Waals surface area contributed by atoms with E-state index in [4.69, 9.17) is 9.84 Å². The zero-order valence-corrected chi connectivity index (χ0v) is 11.5. The number of aliphatic carboxylic acids is 1. The molecule has 0 heterocycles. The summed E-state index contributed by atoms with van der Waals surface area (Å²) < 4.78 is 5.43. The quantitative estimate of drug-likeness (QED) is 0.552. The molecule has 0 rings (SSSR count). The van der Waals surface area contributed by atoms with Gasteiger partial charge >= 0.3 is 11.9 Å². The molecule has 0 bridgehead atoms. The Balaban J connectivity index is 4.90. The summed E-state index contributed by atoms with van der Waals surface area (Å²) in [6.45, 7) is 10.0. The molecule has 4 nitrogen and oxygen atoms in total. The van der Waals surface area contributed by atoms with E-state index in [2.05, 4.69) is 20.8 Å². The maximum absolute atomic E-state index is 11.5. The molecule has 0 saturated heterocycles. The van der Waals surface area contributed by atoms with Gasteiger partial charge in [-0.2, -0.15) is 0 Å². The van der Waals surface area contributed by atoms with E-state index in [0.717, 1.165) is 12.8 Å². The van der Waals surface area contributed by atoms with E-state index in [0.29, 0.717) is 6.42 Å². The molecule has 0 aromatic carbocycles. The SMILES string of the molecule is CCC(C)(CC)C(C)(CC)OC(=O)CC(=O)O. The van der Waals surface area contributed by atoms with Crippen LogP contribution in [-0.2, 0) is 14.3 Å². The lowest BCUT2D eigenvalue weighted by Crippen LogP contribution is -2.46. The minimum absolute atomic E-state index is 0.129.